The zero-order chi connectivity index (χ0) is 25.1. The van der Waals surface area contributed by atoms with Crippen molar-refractivity contribution in [2.75, 3.05) is 33.0 Å². The number of rotatable bonds is 8. The summed E-state index contributed by atoms with van der Waals surface area (Å²) in [7, 11) is 0. The highest BCUT2D eigenvalue weighted by atomic mass is 16.6. The van der Waals surface area contributed by atoms with Crippen molar-refractivity contribution < 1.29 is 48.7 Å². The molecule has 0 bridgehead atoms. The molecule has 30 heavy (non-hydrogen) atoms. The van der Waals surface area contributed by atoms with Crippen LogP contribution in [0.2, 0.25) is 0 Å². The average Bonchev–Trinajstić information content (AvgIpc) is 2.49. The summed E-state index contributed by atoms with van der Waals surface area (Å²) >= 11 is 0. The summed E-state index contributed by atoms with van der Waals surface area (Å²) in [6, 6.07) is 0. The Kier molecular flexibility index (Phi) is 40.0. The minimum absolute atomic E-state index is 0.255. The highest BCUT2D eigenvalue weighted by Gasteiger charge is 1.95. The fourth-order valence-corrected chi connectivity index (χ4v) is 0.729. The standard InChI is InChI=1S/C6H12O3.C4H14N4O.3C2H4O2/c1-3-8-4-5-9-6(2)7;5-3(6)1-9-2-4(7)8;3*1-2(3)4/h3-5H2,1-2H3;3-4H,1-2,5-8H2;3*1H3,(H,3,4). The van der Waals surface area contributed by atoms with Gasteiger partial charge in [-0.15, -0.1) is 0 Å². The van der Waals surface area contributed by atoms with Crippen LogP contribution in [0, 0.1) is 0 Å². The second kappa shape index (κ2) is 31.3. The lowest BCUT2D eigenvalue weighted by molar-refractivity contribution is -0.142. The van der Waals surface area contributed by atoms with Crippen LogP contribution in [0.4, 0.5) is 0 Å². The molecule has 0 aliphatic rings. The number of ether oxygens (including phenoxy) is 3. The summed E-state index contributed by atoms with van der Waals surface area (Å²) in [5.41, 5.74) is 20.6. The molecule has 0 aromatic carbocycles. The Hall–Kier alpha value is -2.36. The smallest absolute Gasteiger partial charge is 0.302 e. The van der Waals surface area contributed by atoms with Crippen molar-refractivity contribution >= 4 is 23.9 Å². The summed E-state index contributed by atoms with van der Waals surface area (Å²) in [6.45, 7) is 8.65. The van der Waals surface area contributed by atoms with Gasteiger partial charge in [0, 0.05) is 34.3 Å². The maximum atomic E-state index is 10.1. The van der Waals surface area contributed by atoms with E-state index in [2.05, 4.69) is 4.74 Å². The third-order valence-electron chi connectivity index (χ3n) is 1.36. The molecule has 0 saturated carbocycles. The van der Waals surface area contributed by atoms with Crippen LogP contribution >= 0.6 is 0 Å². The Morgan fingerprint density at radius 2 is 1.00 bits per heavy atom. The molecule has 0 fully saturated rings. The van der Waals surface area contributed by atoms with Gasteiger partial charge in [-0.3, -0.25) is 19.2 Å². The highest BCUT2D eigenvalue weighted by molar-refractivity contribution is 5.65. The number of carboxylic acid groups (broad SMARTS) is 3. The van der Waals surface area contributed by atoms with Gasteiger partial charge in [-0.2, -0.15) is 0 Å². The number of carboxylic acids is 3. The van der Waals surface area contributed by atoms with E-state index in [9.17, 15) is 4.79 Å². The predicted octanol–water partition coefficient (Wildman–Crippen LogP) is -1.65. The lowest BCUT2D eigenvalue weighted by Gasteiger charge is -2.08. The molecule has 0 amide bonds. The lowest BCUT2D eigenvalue weighted by atomic mass is 10.5. The number of hydrogen-bond acceptors (Lipinski definition) is 11. The van der Waals surface area contributed by atoms with Crippen molar-refractivity contribution in [3.8, 4) is 0 Å². The van der Waals surface area contributed by atoms with Crippen LogP contribution in [0.3, 0.4) is 0 Å². The maximum Gasteiger partial charge on any atom is 0.302 e. The van der Waals surface area contributed by atoms with Crippen LogP contribution < -0.4 is 22.9 Å². The Balaban J connectivity index is -0.0000000923. The second-order valence-electron chi connectivity index (χ2n) is 4.96. The first-order valence-electron chi connectivity index (χ1n) is 8.49. The topological polar surface area (TPSA) is 261 Å². The third kappa shape index (κ3) is 168. The summed E-state index contributed by atoms with van der Waals surface area (Å²) in [4.78, 5) is 37.1. The molecule has 0 aliphatic carbocycles. The number of carbonyl (C=O) groups is 4. The molecule has 0 atom stereocenters. The van der Waals surface area contributed by atoms with Gasteiger partial charge in [-0.1, -0.05) is 0 Å². The molecule has 14 nitrogen and oxygen atoms in total. The van der Waals surface area contributed by atoms with Crippen LogP contribution in [0.5, 0.6) is 0 Å². The molecule has 14 heteroatoms. The minimum Gasteiger partial charge on any atom is -0.481 e. The average molecular weight is 446 g/mol. The Morgan fingerprint density at radius 3 is 1.20 bits per heavy atom. The molecule has 0 rings (SSSR count). The first-order chi connectivity index (χ1) is 13.6. The summed E-state index contributed by atoms with van der Waals surface area (Å²) in [5.74, 6) is -2.75. The zero-order valence-electron chi connectivity index (χ0n) is 18.2. The number of esters is 1. The molecule has 0 saturated heterocycles. The Morgan fingerprint density at radius 1 is 0.700 bits per heavy atom. The van der Waals surface area contributed by atoms with Gasteiger partial charge >= 0.3 is 5.97 Å². The number of hydrogen-bond donors (Lipinski definition) is 7. The fraction of sp³-hybridized carbons (Fsp3) is 0.750. The maximum absolute atomic E-state index is 10.1. The van der Waals surface area contributed by atoms with Crippen molar-refractivity contribution in [3.05, 3.63) is 0 Å². The van der Waals surface area contributed by atoms with Crippen molar-refractivity contribution in [1.82, 2.24) is 0 Å². The van der Waals surface area contributed by atoms with Crippen molar-refractivity contribution in [1.29, 1.82) is 0 Å². The van der Waals surface area contributed by atoms with Gasteiger partial charge in [-0.05, 0) is 6.92 Å². The summed E-state index contributed by atoms with van der Waals surface area (Å²) < 4.78 is 14.3. The van der Waals surface area contributed by atoms with Gasteiger partial charge in [0.1, 0.15) is 6.61 Å². The molecule has 0 aliphatic heterocycles. The van der Waals surface area contributed by atoms with E-state index in [1.807, 2.05) is 6.92 Å². The van der Waals surface area contributed by atoms with Crippen LogP contribution in [-0.2, 0) is 33.4 Å². The first-order valence-corrected chi connectivity index (χ1v) is 8.49. The van der Waals surface area contributed by atoms with Gasteiger partial charge in [0.2, 0.25) is 0 Å². The predicted molar refractivity (Wildman–Crippen MR) is 108 cm³/mol. The zero-order valence-corrected chi connectivity index (χ0v) is 18.2. The van der Waals surface area contributed by atoms with E-state index in [0.717, 1.165) is 20.8 Å². The molecule has 0 aromatic rings. The summed E-state index contributed by atoms with van der Waals surface area (Å²) in [6.07, 6.45) is -0.882. The van der Waals surface area contributed by atoms with Gasteiger partial charge in [0.25, 0.3) is 17.9 Å². The number of aliphatic carboxylic acids is 3. The van der Waals surface area contributed by atoms with Gasteiger partial charge in [0.15, 0.2) is 0 Å². The quantitative estimate of drug-likeness (QED) is 0.125. The van der Waals surface area contributed by atoms with E-state index in [4.69, 9.17) is 62.1 Å². The molecule has 0 unspecified atom stereocenters. The SMILES string of the molecule is CC(=O)O.CC(=O)O.CC(=O)O.CCOCCOC(C)=O.NC(N)COCC(N)N. The van der Waals surface area contributed by atoms with E-state index in [-0.39, 0.29) is 5.97 Å². The largest absolute Gasteiger partial charge is 0.481 e. The molecule has 0 spiro atoms. The van der Waals surface area contributed by atoms with Crippen LogP contribution in [-0.4, -0.2) is 84.6 Å². The Labute approximate surface area is 176 Å². The van der Waals surface area contributed by atoms with E-state index in [1.54, 1.807) is 0 Å². The van der Waals surface area contributed by atoms with Crippen LogP contribution in [0.25, 0.3) is 0 Å². The molecule has 0 radical (unpaired) electrons. The van der Waals surface area contributed by atoms with Crippen molar-refractivity contribution in [2.45, 2.75) is 47.0 Å². The molecule has 11 N–H and O–H groups in total. The van der Waals surface area contributed by atoms with E-state index in [0.29, 0.717) is 33.0 Å². The molecule has 0 heterocycles. The third-order valence-corrected chi connectivity index (χ3v) is 1.36. The normalized spacial score (nSPS) is 8.63. The lowest BCUT2D eigenvalue weighted by Crippen LogP contribution is -2.40. The van der Waals surface area contributed by atoms with Crippen LogP contribution in [0.1, 0.15) is 34.6 Å². The van der Waals surface area contributed by atoms with Gasteiger partial charge in [-0.25, -0.2) is 0 Å². The minimum atomic E-state index is -0.833. The molecular formula is C16H38N4O10. The molecule has 182 valence electrons. The number of nitrogens with two attached hydrogens (primary N) is 4. The van der Waals surface area contributed by atoms with E-state index in [1.165, 1.54) is 6.92 Å². The van der Waals surface area contributed by atoms with Crippen LogP contribution in [0.15, 0.2) is 0 Å². The van der Waals surface area contributed by atoms with E-state index < -0.39 is 30.2 Å². The van der Waals surface area contributed by atoms with E-state index >= 15 is 0 Å². The number of carbonyl (C=O) groups excluding carboxylic acids is 1. The molecule has 0 aromatic heterocycles. The van der Waals surface area contributed by atoms with Gasteiger partial charge in [0.05, 0.1) is 32.2 Å². The first kappa shape index (κ1) is 38.3. The monoisotopic (exact) mass is 446 g/mol. The van der Waals surface area contributed by atoms with Crippen molar-refractivity contribution in [2.24, 2.45) is 22.9 Å². The van der Waals surface area contributed by atoms with Crippen molar-refractivity contribution in [3.63, 3.8) is 0 Å². The molecular weight excluding hydrogens is 408 g/mol. The van der Waals surface area contributed by atoms with Gasteiger partial charge < -0.3 is 52.5 Å². The Bertz CT molecular complexity index is 372. The summed E-state index contributed by atoms with van der Waals surface area (Å²) in [5, 5.41) is 22.2. The highest BCUT2D eigenvalue weighted by Crippen LogP contribution is 1.77. The second-order valence-corrected chi connectivity index (χ2v) is 4.96. The fourth-order valence-electron chi connectivity index (χ4n) is 0.729.